The van der Waals surface area contributed by atoms with E-state index < -0.39 is 0 Å². The number of nitrogens with zero attached hydrogens (tertiary/aromatic N) is 1. The van der Waals surface area contributed by atoms with Crippen molar-refractivity contribution in [2.45, 2.75) is 31.8 Å². The number of nitrogens with one attached hydrogen (secondary N) is 1. The summed E-state index contributed by atoms with van der Waals surface area (Å²) in [6.45, 7) is 2.60. The van der Waals surface area contributed by atoms with E-state index in [4.69, 9.17) is 0 Å². The van der Waals surface area contributed by atoms with Crippen LogP contribution in [0.15, 0.2) is 41.1 Å². The van der Waals surface area contributed by atoms with Gasteiger partial charge in [-0.15, -0.1) is 0 Å². The van der Waals surface area contributed by atoms with Gasteiger partial charge < -0.3 is 15.3 Å². The van der Waals surface area contributed by atoms with Crippen LogP contribution in [0.5, 0.6) is 0 Å². The molecule has 1 aliphatic rings. The number of hydrogen-bond acceptors (Lipinski definition) is 3. The number of aliphatic hydroxyl groups excluding tert-OH is 1. The lowest BCUT2D eigenvalue weighted by molar-refractivity contribution is 0.125. The van der Waals surface area contributed by atoms with Crippen LogP contribution in [-0.2, 0) is 12.8 Å². The molecule has 2 atom stereocenters. The fourth-order valence-electron chi connectivity index (χ4n) is 3.20. The fourth-order valence-corrected chi connectivity index (χ4v) is 3.88. The number of aliphatic hydroxyl groups is 1. The number of thiophene rings is 1. The Morgan fingerprint density at radius 2 is 2.26 bits per heavy atom. The third-order valence-electron chi connectivity index (χ3n) is 4.34. The Kier molecular flexibility index (Phi) is 4.98. The molecule has 0 bridgehead atoms. The third-order valence-corrected chi connectivity index (χ3v) is 5.07. The average molecular weight is 330 g/mol. The van der Waals surface area contributed by atoms with E-state index in [1.807, 2.05) is 30.5 Å². The smallest absolute Gasteiger partial charge is 0.318 e. The molecule has 3 rings (SSSR count). The van der Waals surface area contributed by atoms with Crippen molar-refractivity contribution in [1.82, 2.24) is 10.2 Å². The molecule has 2 amide bonds. The van der Waals surface area contributed by atoms with E-state index in [1.165, 1.54) is 11.1 Å². The van der Waals surface area contributed by atoms with Crippen LogP contribution in [0.2, 0.25) is 0 Å². The molecule has 122 valence electrons. The second-order valence-corrected chi connectivity index (χ2v) is 6.81. The molecular weight excluding hydrogens is 308 g/mol. The van der Waals surface area contributed by atoms with E-state index in [0.717, 1.165) is 18.4 Å². The second kappa shape index (κ2) is 7.15. The molecule has 2 N–H and O–H groups in total. The molecular formula is C18H22N2O2S. The Balaban J connectivity index is 1.67. The van der Waals surface area contributed by atoms with Crippen molar-refractivity contribution in [1.29, 1.82) is 0 Å². The summed E-state index contributed by atoms with van der Waals surface area (Å²) in [6, 6.07) is 9.84. The molecule has 2 heterocycles. The van der Waals surface area contributed by atoms with Gasteiger partial charge in [-0.05, 0) is 53.3 Å². The summed E-state index contributed by atoms with van der Waals surface area (Å²) in [6.07, 6.45) is 1.66. The summed E-state index contributed by atoms with van der Waals surface area (Å²) >= 11 is 1.67. The van der Waals surface area contributed by atoms with Crippen molar-refractivity contribution in [3.63, 3.8) is 0 Å². The second-order valence-electron chi connectivity index (χ2n) is 6.03. The molecule has 0 aliphatic carbocycles. The first kappa shape index (κ1) is 16.0. The highest BCUT2D eigenvalue weighted by Crippen LogP contribution is 2.29. The summed E-state index contributed by atoms with van der Waals surface area (Å²) < 4.78 is 0. The number of amides is 2. The van der Waals surface area contributed by atoms with Crippen LogP contribution < -0.4 is 5.32 Å². The zero-order valence-corrected chi connectivity index (χ0v) is 14.1. The van der Waals surface area contributed by atoms with Gasteiger partial charge in [-0.1, -0.05) is 24.3 Å². The highest BCUT2D eigenvalue weighted by Gasteiger charge is 2.30. The largest absolute Gasteiger partial charge is 0.394 e. The predicted octanol–water partition coefficient (Wildman–Crippen LogP) is 2.98. The van der Waals surface area contributed by atoms with Crippen LogP contribution in [0.25, 0.3) is 0 Å². The number of carbonyl (C=O) groups excluding carboxylic acids is 1. The van der Waals surface area contributed by atoms with Gasteiger partial charge in [0.2, 0.25) is 0 Å². The summed E-state index contributed by atoms with van der Waals surface area (Å²) in [5.41, 5.74) is 3.52. The highest BCUT2D eigenvalue weighted by atomic mass is 32.1. The average Bonchev–Trinajstić information content (AvgIpc) is 3.06. The van der Waals surface area contributed by atoms with E-state index in [-0.39, 0.29) is 24.7 Å². The Labute approximate surface area is 140 Å². The van der Waals surface area contributed by atoms with Gasteiger partial charge >= 0.3 is 6.03 Å². The van der Waals surface area contributed by atoms with Crippen molar-refractivity contribution in [3.05, 3.63) is 57.8 Å². The Morgan fingerprint density at radius 3 is 3.00 bits per heavy atom. The van der Waals surface area contributed by atoms with E-state index in [1.54, 1.807) is 16.2 Å². The monoisotopic (exact) mass is 330 g/mol. The zero-order chi connectivity index (χ0) is 16.2. The quantitative estimate of drug-likeness (QED) is 0.905. The van der Waals surface area contributed by atoms with Crippen molar-refractivity contribution < 1.29 is 9.90 Å². The molecule has 0 saturated heterocycles. The first-order valence-corrected chi connectivity index (χ1v) is 8.90. The zero-order valence-electron chi connectivity index (χ0n) is 13.2. The van der Waals surface area contributed by atoms with E-state index in [9.17, 15) is 9.90 Å². The summed E-state index contributed by atoms with van der Waals surface area (Å²) in [5, 5.41) is 17.0. The minimum Gasteiger partial charge on any atom is -0.394 e. The number of carbonyl (C=O) groups is 1. The SMILES string of the molecule is CC(Cc1ccsc1)NC(=O)N1CCc2ccccc2C1CO. The molecule has 1 aromatic carbocycles. The van der Waals surface area contributed by atoms with Gasteiger partial charge in [0.25, 0.3) is 0 Å². The lowest BCUT2D eigenvalue weighted by Gasteiger charge is -2.37. The van der Waals surface area contributed by atoms with Gasteiger partial charge in [-0.2, -0.15) is 11.3 Å². The minimum absolute atomic E-state index is 0.0522. The van der Waals surface area contributed by atoms with Crippen molar-refractivity contribution >= 4 is 17.4 Å². The van der Waals surface area contributed by atoms with Crippen molar-refractivity contribution in [3.8, 4) is 0 Å². The van der Waals surface area contributed by atoms with E-state index in [0.29, 0.717) is 6.54 Å². The molecule has 0 fully saturated rings. The summed E-state index contributed by atoms with van der Waals surface area (Å²) in [4.78, 5) is 14.4. The number of urea groups is 1. The van der Waals surface area contributed by atoms with Crippen LogP contribution >= 0.6 is 11.3 Å². The first-order valence-electron chi connectivity index (χ1n) is 7.96. The molecule has 0 radical (unpaired) electrons. The van der Waals surface area contributed by atoms with Crippen LogP contribution in [0, 0.1) is 0 Å². The predicted molar refractivity (Wildman–Crippen MR) is 92.7 cm³/mol. The molecule has 0 spiro atoms. The minimum atomic E-state index is -0.256. The standard InChI is InChI=1S/C18H22N2O2S/c1-13(10-14-7-9-23-12-14)19-18(22)20-8-6-15-4-2-3-5-16(15)17(20)11-21/h2-5,7,9,12-13,17,21H,6,8,10-11H2,1H3,(H,19,22). The van der Waals surface area contributed by atoms with E-state index in [2.05, 4.69) is 22.8 Å². The molecule has 1 aromatic heterocycles. The molecule has 2 aromatic rings. The van der Waals surface area contributed by atoms with Crippen LogP contribution in [-0.4, -0.2) is 35.2 Å². The van der Waals surface area contributed by atoms with Gasteiger partial charge in [0, 0.05) is 12.6 Å². The van der Waals surface area contributed by atoms with Gasteiger partial charge in [0.1, 0.15) is 0 Å². The maximum absolute atomic E-state index is 12.6. The van der Waals surface area contributed by atoms with Gasteiger partial charge in [0.15, 0.2) is 0 Å². The Bertz CT molecular complexity index is 657. The molecule has 23 heavy (non-hydrogen) atoms. The van der Waals surface area contributed by atoms with Crippen molar-refractivity contribution in [2.24, 2.45) is 0 Å². The normalized spacial score (nSPS) is 18.3. The van der Waals surface area contributed by atoms with Gasteiger partial charge in [-0.3, -0.25) is 0 Å². The number of hydrogen-bond donors (Lipinski definition) is 2. The molecule has 2 unspecified atom stereocenters. The van der Waals surface area contributed by atoms with Crippen LogP contribution in [0.4, 0.5) is 4.79 Å². The number of benzene rings is 1. The Morgan fingerprint density at radius 1 is 1.43 bits per heavy atom. The topological polar surface area (TPSA) is 52.6 Å². The molecule has 0 saturated carbocycles. The summed E-state index contributed by atoms with van der Waals surface area (Å²) in [7, 11) is 0. The number of rotatable bonds is 4. The lowest BCUT2D eigenvalue weighted by Crippen LogP contribution is -2.49. The lowest BCUT2D eigenvalue weighted by atomic mass is 9.93. The number of fused-ring (bicyclic) bond motifs is 1. The maximum atomic E-state index is 12.6. The molecule has 1 aliphatic heterocycles. The summed E-state index contributed by atoms with van der Waals surface area (Å²) in [5.74, 6) is 0. The highest BCUT2D eigenvalue weighted by molar-refractivity contribution is 7.07. The Hall–Kier alpha value is -1.85. The van der Waals surface area contributed by atoms with Crippen molar-refractivity contribution in [2.75, 3.05) is 13.2 Å². The van der Waals surface area contributed by atoms with E-state index >= 15 is 0 Å². The fraction of sp³-hybridized carbons (Fsp3) is 0.389. The first-order chi connectivity index (χ1) is 11.2. The maximum Gasteiger partial charge on any atom is 0.318 e. The van der Waals surface area contributed by atoms with Gasteiger partial charge in [0.05, 0.1) is 12.6 Å². The molecule has 5 heteroatoms. The molecule has 4 nitrogen and oxygen atoms in total. The van der Waals surface area contributed by atoms with Gasteiger partial charge in [-0.25, -0.2) is 4.79 Å². The third kappa shape index (κ3) is 3.57. The van der Waals surface area contributed by atoms with Crippen LogP contribution in [0.3, 0.4) is 0 Å². The van der Waals surface area contributed by atoms with Crippen LogP contribution in [0.1, 0.15) is 29.7 Å².